The second kappa shape index (κ2) is 6.11. The highest BCUT2D eigenvalue weighted by molar-refractivity contribution is 5.37. The highest BCUT2D eigenvalue weighted by atomic mass is 15.0. The predicted molar refractivity (Wildman–Crippen MR) is 83.2 cm³/mol. The Balaban J connectivity index is 1.83. The topological polar surface area (TPSA) is 37.8 Å². The lowest BCUT2D eigenvalue weighted by molar-refractivity contribution is 0.339. The first-order chi connectivity index (χ1) is 9.76. The fourth-order valence-electron chi connectivity index (χ4n) is 3.74. The molecule has 0 atom stereocenters. The summed E-state index contributed by atoms with van der Waals surface area (Å²) >= 11 is 0. The van der Waals surface area contributed by atoms with Gasteiger partial charge in [-0.3, -0.25) is 0 Å². The molecule has 0 unspecified atom stereocenters. The van der Waals surface area contributed by atoms with Crippen molar-refractivity contribution in [2.75, 3.05) is 12.4 Å². The molecule has 3 rings (SSSR count). The van der Waals surface area contributed by atoms with Crippen LogP contribution < -0.4 is 5.32 Å². The lowest BCUT2D eigenvalue weighted by atomic mass is 9.82. The molecule has 3 heteroatoms. The van der Waals surface area contributed by atoms with Crippen LogP contribution in [0.1, 0.15) is 81.6 Å². The molecule has 0 aliphatic heterocycles. The number of nitrogens with one attached hydrogen (secondary N) is 1. The van der Waals surface area contributed by atoms with E-state index in [1.807, 2.05) is 7.05 Å². The molecule has 2 aliphatic carbocycles. The van der Waals surface area contributed by atoms with Gasteiger partial charge in [0, 0.05) is 30.6 Å². The first kappa shape index (κ1) is 13.8. The quantitative estimate of drug-likeness (QED) is 0.883. The number of hydrogen-bond acceptors (Lipinski definition) is 3. The standard InChI is InChI=1S/C17H27N3/c1-12-7-9-14(10-8-12)17-19-15(11-16(18-2)20-17)13-5-3-4-6-13/h11-14H,3-10H2,1-2H3,(H,18,19,20). The van der Waals surface area contributed by atoms with Crippen LogP contribution in [-0.2, 0) is 0 Å². The van der Waals surface area contributed by atoms with E-state index < -0.39 is 0 Å². The van der Waals surface area contributed by atoms with Gasteiger partial charge in [0.15, 0.2) is 0 Å². The Morgan fingerprint density at radius 3 is 2.30 bits per heavy atom. The fourth-order valence-corrected chi connectivity index (χ4v) is 3.74. The molecule has 1 N–H and O–H groups in total. The van der Waals surface area contributed by atoms with Crippen molar-refractivity contribution in [2.24, 2.45) is 5.92 Å². The zero-order valence-corrected chi connectivity index (χ0v) is 12.9. The minimum Gasteiger partial charge on any atom is -0.373 e. The number of anilines is 1. The molecule has 20 heavy (non-hydrogen) atoms. The molecule has 1 aromatic heterocycles. The molecular formula is C17H27N3. The van der Waals surface area contributed by atoms with E-state index in [1.165, 1.54) is 57.1 Å². The molecule has 0 radical (unpaired) electrons. The Morgan fingerprint density at radius 1 is 0.950 bits per heavy atom. The largest absolute Gasteiger partial charge is 0.373 e. The SMILES string of the molecule is CNc1cc(C2CCCC2)nc(C2CCC(C)CC2)n1. The first-order valence-corrected chi connectivity index (χ1v) is 8.33. The molecule has 0 spiro atoms. The van der Waals surface area contributed by atoms with Crippen LogP contribution in [0, 0.1) is 5.92 Å². The fraction of sp³-hybridized carbons (Fsp3) is 0.765. The maximum Gasteiger partial charge on any atom is 0.134 e. The van der Waals surface area contributed by atoms with Gasteiger partial charge >= 0.3 is 0 Å². The van der Waals surface area contributed by atoms with Gasteiger partial charge in [0.25, 0.3) is 0 Å². The summed E-state index contributed by atoms with van der Waals surface area (Å²) in [5, 5.41) is 3.23. The third kappa shape index (κ3) is 2.97. The summed E-state index contributed by atoms with van der Waals surface area (Å²) in [5.74, 6) is 4.25. The van der Waals surface area contributed by atoms with Crippen LogP contribution in [0.3, 0.4) is 0 Å². The average Bonchev–Trinajstić information content (AvgIpc) is 3.02. The van der Waals surface area contributed by atoms with Gasteiger partial charge in [-0.2, -0.15) is 0 Å². The van der Waals surface area contributed by atoms with Gasteiger partial charge in [-0.15, -0.1) is 0 Å². The summed E-state index contributed by atoms with van der Waals surface area (Å²) in [4.78, 5) is 9.71. The molecule has 3 nitrogen and oxygen atoms in total. The van der Waals surface area contributed by atoms with Crippen molar-refractivity contribution in [3.8, 4) is 0 Å². The molecule has 2 aliphatic rings. The van der Waals surface area contributed by atoms with E-state index in [0.717, 1.165) is 17.6 Å². The van der Waals surface area contributed by atoms with E-state index in [9.17, 15) is 0 Å². The van der Waals surface area contributed by atoms with E-state index in [4.69, 9.17) is 9.97 Å². The van der Waals surface area contributed by atoms with Crippen LogP contribution in [0.5, 0.6) is 0 Å². The summed E-state index contributed by atoms with van der Waals surface area (Å²) in [6, 6.07) is 2.17. The van der Waals surface area contributed by atoms with E-state index in [-0.39, 0.29) is 0 Å². The number of rotatable bonds is 3. The molecule has 0 aromatic carbocycles. The monoisotopic (exact) mass is 273 g/mol. The van der Waals surface area contributed by atoms with Crippen LogP contribution in [0.15, 0.2) is 6.07 Å². The number of hydrogen-bond donors (Lipinski definition) is 1. The zero-order chi connectivity index (χ0) is 13.9. The van der Waals surface area contributed by atoms with Crippen molar-refractivity contribution in [1.82, 2.24) is 9.97 Å². The molecule has 2 saturated carbocycles. The molecule has 0 saturated heterocycles. The van der Waals surface area contributed by atoms with Crippen LogP contribution >= 0.6 is 0 Å². The first-order valence-electron chi connectivity index (χ1n) is 8.33. The van der Waals surface area contributed by atoms with E-state index >= 15 is 0 Å². The third-order valence-electron chi connectivity index (χ3n) is 5.17. The minimum atomic E-state index is 0.583. The molecule has 1 aromatic rings. The van der Waals surface area contributed by atoms with Gasteiger partial charge < -0.3 is 5.32 Å². The third-order valence-corrected chi connectivity index (χ3v) is 5.17. The Labute approximate surface area is 122 Å². The van der Waals surface area contributed by atoms with Gasteiger partial charge in [0.1, 0.15) is 11.6 Å². The second-order valence-corrected chi connectivity index (χ2v) is 6.72. The normalized spacial score (nSPS) is 27.7. The van der Waals surface area contributed by atoms with Crippen molar-refractivity contribution >= 4 is 5.82 Å². The van der Waals surface area contributed by atoms with Gasteiger partial charge in [-0.05, 0) is 31.6 Å². The maximum absolute atomic E-state index is 4.96. The Hall–Kier alpha value is -1.12. The second-order valence-electron chi connectivity index (χ2n) is 6.72. The molecular weight excluding hydrogens is 246 g/mol. The number of aromatic nitrogens is 2. The van der Waals surface area contributed by atoms with Gasteiger partial charge in [-0.25, -0.2) is 9.97 Å². The zero-order valence-electron chi connectivity index (χ0n) is 12.9. The maximum atomic E-state index is 4.96. The van der Waals surface area contributed by atoms with Crippen molar-refractivity contribution in [3.63, 3.8) is 0 Å². The van der Waals surface area contributed by atoms with Crippen molar-refractivity contribution < 1.29 is 0 Å². The molecule has 1 heterocycles. The highest BCUT2D eigenvalue weighted by Gasteiger charge is 2.25. The van der Waals surface area contributed by atoms with Crippen LogP contribution in [0.25, 0.3) is 0 Å². The molecule has 0 bridgehead atoms. The smallest absolute Gasteiger partial charge is 0.134 e. The molecule has 0 amide bonds. The Bertz CT molecular complexity index is 444. The van der Waals surface area contributed by atoms with E-state index in [1.54, 1.807) is 0 Å². The van der Waals surface area contributed by atoms with Crippen LogP contribution in [-0.4, -0.2) is 17.0 Å². The Morgan fingerprint density at radius 2 is 1.65 bits per heavy atom. The molecule has 110 valence electrons. The summed E-state index contributed by atoms with van der Waals surface area (Å²) in [7, 11) is 1.97. The summed E-state index contributed by atoms with van der Waals surface area (Å²) in [6.45, 7) is 2.37. The predicted octanol–water partition coefficient (Wildman–Crippen LogP) is 4.47. The Kier molecular flexibility index (Phi) is 4.23. The van der Waals surface area contributed by atoms with E-state index in [2.05, 4.69) is 18.3 Å². The minimum absolute atomic E-state index is 0.583. The van der Waals surface area contributed by atoms with Crippen molar-refractivity contribution in [1.29, 1.82) is 0 Å². The summed E-state index contributed by atoms with van der Waals surface area (Å²) in [6.07, 6.45) is 10.5. The number of nitrogens with zero attached hydrogens (tertiary/aromatic N) is 2. The lowest BCUT2D eigenvalue weighted by Crippen LogP contribution is -2.15. The lowest BCUT2D eigenvalue weighted by Gasteiger charge is -2.26. The molecule has 2 fully saturated rings. The summed E-state index contributed by atoms with van der Waals surface area (Å²) in [5.41, 5.74) is 1.29. The van der Waals surface area contributed by atoms with Gasteiger partial charge in [0.2, 0.25) is 0 Å². The van der Waals surface area contributed by atoms with Crippen LogP contribution in [0.4, 0.5) is 5.82 Å². The average molecular weight is 273 g/mol. The highest BCUT2D eigenvalue weighted by Crippen LogP contribution is 2.37. The van der Waals surface area contributed by atoms with Gasteiger partial charge in [0.05, 0.1) is 0 Å². The van der Waals surface area contributed by atoms with Gasteiger partial charge in [-0.1, -0.05) is 32.6 Å². The van der Waals surface area contributed by atoms with Crippen molar-refractivity contribution in [3.05, 3.63) is 17.6 Å². The van der Waals surface area contributed by atoms with Crippen LogP contribution in [0.2, 0.25) is 0 Å². The summed E-state index contributed by atoms with van der Waals surface area (Å²) < 4.78 is 0. The van der Waals surface area contributed by atoms with E-state index in [0.29, 0.717) is 11.8 Å². The van der Waals surface area contributed by atoms with Crippen molar-refractivity contribution in [2.45, 2.75) is 70.1 Å².